The summed E-state index contributed by atoms with van der Waals surface area (Å²) < 4.78 is 14.1. The van der Waals surface area contributed by atoms with Gasteiger partial charge in [0.25, 0.3) is 5.91 Å². The molecule has 2 aromatic rings. The normalized spacial score (nSPS) is 14.6. The Labute approximate surface area is 115 Å². The van der Waals surface area contributed by atoms with E-state index in [0.29, 0.717) is 11.4 Å². The van der Waals surface area contributed by atoms with Crippen LogP contribution in [0.3, 0.4) is 0 Å². The molecule has 1 aromatic carbocycles. The quantitative estimate of drug-likeness (QED) is 0.895. The van der Waals surface area contributed by atoms with Gasteiger partial charge in [0, 0.05) is 18.8 Å². The molecule has 7 heteroatoms. The predicted octanol–water partition coefficient (Wildman–Crippen LogP) is 1.80. The smallest absolute Gasteiger partial charge is 0.292 e. The number of carbonyl (C=O) groups is 1. The minimum atomic E-state index is -0.448. The van der Waals surface area contributed by atoms with Crippen molar-refractivity contribution in [3.8, 4) is 0 Å². The van der Waals surface area contributed by atoms with E-state index in [-0.39, 0.29) is 11.6 Å². The second-order valence-electron chi connectivity index (χ2n) is 4.65. The van der Waals surface area contributed by atoms with E-state index in [1.54, 1.807) is 12.1 Å². The van der Waals surface area contributed by atoms with Crippen LogP contribution in [0.15, 0.2) is 24.5 Å². The Kier molecular flexibility index (Phi) is 3.32. The maximum atomic E-state index is 14.1. The Bertz CT molecular complexity index is 607. The van der Waals surface area contributed by atoms with Gasteiger partial charge in [0.15, 0.2) is 0 Å². The van der Waals surface area contributed by atoms with Crippen LogP contribution in [0, 0.1) is 5.82 Å². The number of H-pyrrole nitrogens is 1. The monoisotopic (exact) mass is 275 g/mol. The van der Waals surface area contributed by atoms with Crippen LogP contribution in [0.25, 0.3) is 0 Å². The first-order valence-electron chi connectivity index (χ1n) is 6.45. The number of halogens is 1. The van der Waals surface area contributed by atoms with Gasteiger partial charge in [0.1, 0.15) is 12.1 Å². The molecule has 6 nitrogen and oxygen atoms in total. The van der Waals surface area contributed by atoms with Crippen LogP contribution in [0.1, 0.15) is 23.5 Å². The van der Waals surface area contributed by atoms with E-state index in [4.69, 9.17) is 0 Å². The molecule has 1 aliphatic rings. The third kappa shape index (κ3) is 2.47. The molecular formula is C13H14FN5O. The molecule has 0 unspecified atom stereocenters. The SMILES string of the molecule is O=C(Nc1ccc(N2CCCC2)c(F)c1)c1ncn[nH]1. The maximum Gasteiger partial charge on any atom is 0.292 e. The molecule has 0 atom stereocenters. The predicted molar refractivity (Wildman–Crippen MR) is 72.2 cm³/mol. The zero-order chi connectivity index (χ0) is 13.9. The minimum absolute atomic E-state index is 0.0917. The molecule has 2 N–H and O–H groups in total. The van der Waals surface area contributed by atoms with Crippen molar-refractivity contribution in [1.82, 2.24) is 15.2 Å². The van der Waals surface area contributed by atoms with Crippen molar-refractivity contribution in [3.63, 3.8) is 0 Å². The molecular weight excluding hydrogens is 261 g/mol. The average molecular weight is 275 g/mol. The summed E-state index contributed by atoms with van der Waals surface area (Å²) in [6.45, 7) is 1.75. The number of amides is 1. The second-order valence-corrected chi connectivity index (χ2v) is 4.65. The first-order valence-corrected chi connectivity index (χ1v) is 6.45. The highest BCUT2D eigenvalue weighted by Crippen LogP contribution is 2.26. The van der Waals surface area contributed by atoms with E-state index in [1.807, 2.05) is 4.90 Å². The number of rotatable bonds is 3. The van der Waals surface area contributed by atoms with Gasteiger partial charge in [-0.2, -0.15) is 5.10 Å². The van der Waals surface area contributed by atoms with Crippen LogP contribution < -0.4 is 10.2 Å². The van der Waals surface area contributed by atoms with Crippen molar-refractivity contribution >= 4 is 17.3 Å². The first kappa shape index (κ1) is 12.6. The largest absolute Gasteiger partial charge is 0.369 e. The van der Waals surface area contributed by atoms with Gasteiger partial charge in [-0.25, -0.2) is 9.37 Å². The fraction of sp³-hybridized carbons (Fsp3) is 0.308. The number of hydrogen-bond donors (Lipinski definition) is 2. The molecule has 104 valence electrons. The van der Waals surface area contributed by atoms with E-state index in [0.717, 1.165) is 25.9 Å². The zero-order valence-electron chi connectivity index (χ0n) is 10.8. The highest BCUT2D eigenvalue weighted by atomic mass is 19.1. The standard InChI is InChI=1S/C13H14FN5O/c14-10-7-9(17-13(20)12-15-8-16-18-12)3-4-11(10)19-5-1-2-6-19/h3-4,7-8H,1-2,5-6H2,(H,17,20)(H,15,16,18). The summed E-state index contributed by atoms with van der Waals surface area (Å²) in [7, 11) is 0. The average Bonchev–Trinajstić information content (AvgIpc) is 3.12. The molecule has 1 fully saturated rings. The molecule has 0 saturated carbocycles. The Morgan fingerprint density at radius 3 is 2.80 bits per heavy atom. The summed E-state index contributed by atoms with van der Waals surface area (Å²) in [5.74, 6) is -0.688. The number of carbonyl (C=O) groups excluding carboxylic acids is 1. The fourth-order valence-corrected chi connectivity index (χ4v) is 2.30. The topological polar surface area (TPSA) is 73.9 Å². The summed E-state index contributed by atoms with van der Waals surface area (Å²) in [6, 6.07) is 4.70. The maximum absolute atomic E-state index is 14.1. The number of benzene rings is 1. The first-order chi connectivity index (χ1) is 9.74. The van der Waals surface area contributed by atoms with E-state index in [9.17, 15) is 9.18 Å². The van der Waals surface area contributed by atoms with Gasteiger partial charge >= 0.3 is 0 Å². The van der Waals surface area contributed by atoms with Gasteiger partial charge in [-0.1, -0.05) is 0 Å². The second kappa shape index (κ2) is 5.28. The van der Waals surface area contributed by atoms with Crippen molar-refractivity contribution < 1.29 is 9.18 Å². The Morgan fingerprint density at radius 2 is 2.15 bits per heavy atom. The van der Waals surface area contributed by atoms with E-state index in [2.05, 4.69) is 20.5 Å². The lowest BCUT2D eigenvalue weighted by molar-refractivity contribution is 0.101. The number of hydrogen-bond acceptors (Lipinski definition) is 4. The van der Waals surface area contributed by atoms with Crippen LogP contribution in [0.4, 0.5) is 15.8 Å². The van der Waals surface area contributed by atoms with Crippen molar-refractivity contribution in [2.45, 2.75) is 12.8 Å². The van der Waals surface area contributed by atoms with Crippen LogP contribution in [0.2, 0.25) is 0 Å². The van der Waals surface area contributed by atoms with E-state index >= 15 is 0 Å². The number of aromatic nitrogens is 3. The molecule has 0 spiro atoms. The van der Waals surface area contributed by atoms with E-state index in [1.165, 1.54) is 12.4 Å². The summed E-state index contributed by atoms with van der Waals surface area (Å²) in [6.07, 6.45) is 3.42. The molecule has 1 aromatic heterocycles. The Hall–Kier alpha value is -2.44. The minimum Gasteiger partial charge on any atom is -0.369 e. The molecule has 0 aliphatic carbocycles. The van der Waals surface area contributed by atoms with Gasteiger partial charge in [-0.15, -0.1) is 0 Å². The molecule has 1 amide bonds. The van der Waals surface area contributed by atoms with Gasteiger partial charge in [0.2, 0.25) is 5.82 Å². The fourth-order valence-electron chi connectivity index (χ4n) is 2.30. The van der Waals surface area contributed by atoms with Crippen molar-refractivity contribution in [2.24, 2.45) is 0 Å². The van der Waals surface area contributed by atoms with Gasteiger partial charge < -0.3 is 10.2 Å². The lowest BCUT2D eigenvalue weighted by Gasteiger charge is -2.18. The third-order valence-corrected chi connectivity index (χ3v) is 3.28. The molecule has 1 aliphatic heterocycles. The lowest BCUT2D eigenvalue weighted by atomic mass is 10.2. The molecule has 20 heavy (non-hydrogen) atoms. The van der Waals surface area contributed by atoms with Crippen molar-refractivity contribution in [1.29, 1.82) is 0 Å². The van der Waals surface area contributed by atoms with Crippen LogP contribution >= 0.6 is 0 Å². The molecule has 0 radical (unpaired) electrons. The van der Waals surface area contributed by atoms with Gasteiger partial charge in [-0.05, 0) is 31.0 Å². The lowest BCUT2D eigenvalue weighted by Crippen LogP contribution is -2.19. The molecule has 2 heterocycles. The molecule has 1 saturated heterocycles. The number of nitrogens with zero attached hydrogens (tertiary/aromatic N) is 3. The van der Waals surface area contributed by atoms with Gasteiger partial charge in [0.05, 0.1) is 5.69 Å². The van der Waals surface area contributed by atoms with Crippen LogP contribution in [0.5, 0.6) is 0 Å². The Balaban J connectivity index is 1.75. The highest BCUT2D eigenvalue weighted by Gasteiger charge is 2.17. The van der Waals surface area contributed by atoms with Gasteiger partial charge in [-0.3, -0.25) is 9.89 Å². The van der Waals surface area contributed by atoms with Crippen molar-refractivity contribution in [2.75, 3.05) is 23.3 Å². The van der Waals surface area contributed by atoms with Crippen molar-refractivity contribution in [3.05, 3.63) is 36.2 Å². The summed E-state index contributed by atoms with van der Waals surface area (Å²) in [5.41, 5.74) is 0.979. The highest BCUT2D eigenvalue weighted by molar-refractivity contribution is 6.01. The van der Waals surface area contributed by atoms with Crippen LogP contribution in [-0.2, 0) is 0 Å². The summed E-state index contributed by atoms with van der Waals surface area (Å²) in [5, 5.41) is 8.62. The Morgan fingerprint density at radius 1 is 1.35 bits per heavy atom. The number of aromatic amines is 1. The number of anilines is 2. The summed E-state index contributed by atoms with van der Waals surface area (Å²) in [4.78, 5) is 17.5. The summed E-state index contributed by atoms with van der Waals surface area (Å²) >= 11 is 0. The van der Waals surface area contributed by atoms with E-state index < -0.39 is 5.91 Å². The molecule has 0 bridgehead atoms. The third-order valence-electron chi connectivity index (χ3n) is 3.28. The number of nitrogens with one attached hydrogen (secondary N) is 2. The zero-order valence-corrected chi connectivity index (χ0v) is 10.8. The molecule has 3 rings (SSSR count). The van der Waals surface area contributed by atoms with Crippen LogP contribution in [-0.4, -0.2) is 34.2 Å².